The van der Waals surface area contributed by atoms with Crippen molar-refractivity contribution in [3.63, 3.8) is 0 Å². The van der Waals surface area contributed by atoms with Gasteiger partial charge in [-0.1, -0.05) is 0 Å². The van der Waals surface area contributed by atoms with Crippen molar-refractivity contribution < 1.29 is 9.90 Å². The number of carboxylic acid groups (broad SMARTS) is 1. The van der Waals surface area contributed by atoms with E-state index in [2.05, 4.69) is 0 Å². The van der Waals surface area contributed by atoms with Crippen LogP contribution in [0.2, 0.25) is 0 Å². The highest BCUT2D eigenvalue weighted by atomic mass is 16.3. The molecule has 0 aliphatic carbocycles. The topological polar surface area (TPSA) is 97.5 Å². The van der Waals surface area contributed by atoms with Gasteiger partial charge in [0.1, 0.15) is 0 Å². The van der Waals surface area contributed by atoms with Crippen molar-refractivity contribution in [3.8, 4) is 0 Å². The standard InChI is InChI=1S/CH2O2.HN3/c2-1-3;1-3-2/h1H,(H,2,3);1H. The van der Waals surface area contributed by atoms with Gasteiger partial charge in [-0.25, -0.2) is 0 Å². The Hall–Kier alpha value is -1.22. The lowest BCUT2D eigenvalue weighted by atomic mass is 11.7. The predicted molar refractivity (Wildman–Crippen MR) is 18.1 cm³/mol. The Morgan fingerprint density at radius 2 is 2.00 bits per heavy atom. The molecule has 0 aromatic heterocycles. The SMILES string of the molecule is O=CO.[N-]=[N+]=N. The highest BCUT2D eigenvalue weighted by molar-refractivity contribution is 5.32. The minimum absolute atomic E-state index is 0.250. The van der Waals surface area contributed by atoms with Gasteiger partial charge < -0.3 is 5.11 Å². The molecular formula is CH3N3O2. The van der Waals surface area contributed by atoms with E-state index in [4.69, 9.17) is 21.0 Å². The van der Waals surface area contributed by atoms with Crippen LogP contribution in [0.5, 0.6) is 0 Å². The van der Waals surface area contributed by atoms with E-state index in [9.17, 15) is 0 Å². The highest BCUT2D eigenvalue weighted by Crippen LogP contribution is 1.24. The third kappa shape index (κ3) is 5.92. The fourth-order valence-corrected chi connectivity index (χ4v) is 0. The lowest BCUT2D eigenvalue weighted by molar-refractivity contribution is -0.122. The molecule has 0 saturated carbocycles. The molecule has 2 N–H and O–H groups in total. The number of nitrogens with zero attached hydrogens (tertiary/aromatic N) is 2. The maximum absolute atomic E-state index is 8.36. The molecule has 0 heterocycles. The Kier molecular flexibility index (Phi) is 70.7. The summed E-state index contributed by atoms with van der Waals surface area (Å²) in [6, 6.07) is 0. The van der Waals surface area contributed by atoms with Crippen LogP contribution in [0.15, 0.2) is 0 Å². The molecule has 34 valence electrons. The summed E-state index contributed by atoms with van der Waals surface area (Å²) in [7, 11) is 0. The normalized spacial score (nSPS) is 3.33. The van der Waals surface area contributed by atoms with Gasteiger partial charge in [0, 0.05) is 0 Å². The van der Waals surface area contributed by atoms with Gasteiger partial charge in [0.15, 0.2) is 0 Å². The van der Waals surface area contributed by atoms with Crippen LogP contribution in [0.4, 0.5) is 0 Å². The molecule has 0 bridgehead atoms. The van der Waals surface area contributed by atoms with E-state index in [1.165, 1.54) is 0 Å². The first-order valence-electron chi connectivity index (χ1n) is 0.918. The van der Waals surface area contributed by atoms with E-state index in [-0.39, 0.29) is 6.47 Å². The molecule has 0 aliphatic heterocycles. The van der Waals surface area contributed by atoms with Gasteiger partial charge in [0.25, 0.3) is 6.47 Å². The Labute approximate surface area is 33.6 Å². The van der Waals surface area contributed by atoms with E-state index >= 15 is 0 Å². The summed E-state index contributed by atoms with van der Waals surface area (Å²) in [4.78, 5) is 10.1. The molecule has 0 atom stereocenters. The first kappa shape index (κ1) is 8.84. The lowest BCUT2D eigenvalue weighted by Gasteiger charge is -1.34. The van der Waals surface area contributed by atoms with E-state index in [0.29, 0.717) is 0 Å². The molecular weight excluding hydrogens is 86.0 g/mol. The third-order valence-electron chi connectivity index (χ3n) is 0. The van der Waals surface area contributed by atoms with Crippen LogP contribution in [-0.4, -0.2) is 11.6 Å². The van der Waals surface area contributed by atoms with Crippen LogP contribution < -0.4 is 0 Å². The van der Waals surface area contributed by atoms with Gasteiger partial charge in [0.05, 0.1) is 0 Å². The van der Waals surface area contributed by atoms with Crippen LogP contribution >= 0.6 is 0 Å². The van der Waals surface area contributed by atoms with Gasteiger partial charge in [-0.3, -0.25) is 4.79 Å². The first-order valence-corrected chi connectivity index (χ1v) is 0.918. The predicted octanol–water partition coefficient (Wildman–Crippen LogP) is 0.576. The Bertz CT molecular complexity index is 53.8. The fourth-order valence-electron chi connectivity index (χ4n) is 0. The monoisotopic (exact) mass is 89.0 g/mol. The molecule has 0 rings (SSSR count). The largest absolute Gasteiger partial charge is 0.483 e. The van der Waals surface area contributed by atoms with Crippen LogP contribution in [0.25, 0.3) is 10.4 Å². The summed E-state index contributed by atoms with van der Waals surface area (Å²) in [5.41, 5.74) is 12.2. The maximum atomic E-state index is 8.36. The molecule has 0 amide bonds. The summed E-state index contributed by atoms with van der Waals surface area (Å²) in [5.74, 6) is 0. The van der Waals surface area contributed by atoms with Crippen LogP contribution in [0.1, 0.15) is 0 Å². The zero-order valence-electron chi connectivity index (χ0n) is 2.83. The Morgan fingerprint density at radius 1 is 2.00 bits per heavy atom. The molecule has 0 aliphatic rings. The summed E-state index contributed by atoms with van der Waals surface area (Å²) < 4.78 is 0. The maximum Gasteiger partial charge on any atom is 0.290 e. The minimum Gasteiger partial charge on any atom is -0.483 e. The van der Waals surface area contributed by atoms with Crippen molar-refractivity contribution in [2.45, 2.75) is 0 Å². The van der Waals surface area contributed by atoms with Gasteiger partial charge in [-0.05, 0) is 10.4 Å². The first-order chi connectivity index (χ1) is 2.83. The van der Waals surface area contributed by atoms with Crippen LogP contribution in [0.3, 0.4) is 0 Å². The number of rotatable bonds is 0. The van der Waals surface area contributed by atoms with Crippen molar-refractivity contribution in [2.24, 2.45) is 0 Å². The third-order valence-corrected chi connectivity index (χ3v) is 0. The average Bonchev–Trinajstić information content (AvgIpc) is 1.39. The van der Waals surface area contributed by atoms with E-state index in [1.807, 2.05) is 0 Å². The lowest BCUT2D eigenvalue weighted by Crippen LogP contribution is -1.49. The van der Waals surface area contributed by atoms with Crippen molar-refractivity contribution in [3.05, 3.63) is 10.4 Å². The van der Waals surface area contributed by atoms with Crippen molar-refractivity contribution in [2.75, 3.05) is 0 Å². The van der Waals surface area contributed by atoms with Crippen molar-refractivity contribution >= 4 is 6.47 Å². The highest BCUT2D eigenvalue weighted by Gasteiger charge is 1.22. The molecule has 0 unspecified atom stereocenters. The second-order valence-electron chi connectivity index (χ2n) is 0.205. The molecule has 5 nitrogen and oxygen atoms in total. The molecule has 0 aromatic rings. The average molecular weight is 89.1 g/mol. The molecule has 0 saturated heterocycles. The van der Waals surface area contributed by atoms with E-state index in [0.717, 1.165) is 0 Å². The van der Waals surface area contributed by atoms with Crippen molar-refractivity contribution in [1.82, 2.24) is 0 Å². The second-order valence-corrected chi connectivity index (χ2v) is 0.205. The zero-order valence-corrected chi connectivity index (χ0v) is 2.83. The quantitative estimate of drug-likeness (QED) is 0.196. The molecule has 0 spiro atoms. The Morgan fingerprint density at radius 3 is 2.00 bits per heavy atom. The number of carbonyl (C=O) groups is 1. The second kappa shape index (κ2) is 48.0. The van der Waals surface area contributed by atoms with Gasteiger partial charge in [-0.15, -0.1) is 5.53 Å². The van der Waals surface area contributed by atoms with Gasteiger partial charge in [0.2, 0.25) is 0 Å². The summed E-state index contributed by atoms with van der Waals surface area (Å²) in [6.45, 7) is -0.250. The fraction of sp³-hybridized carbons (Fsp3) is 0. The Balaban J connectivity index is 0. The molecule has 5 heteroatoms. The molecule has 0 aromatic carbocycles. The van der Waals surface area contributed by atoms with E-state index < -0.39 is 0 Å². The van der Waals surface area contributed by atoms with Crippen molar-refractivity contribution in [1.29, 1.82) is 5.53 Å². The zero-order chi connectivity index (χ0) is 5.41. The van der Waals surface area contributed by atoms with Crippen LogP contribution in [-0.2, 0) is 4.79 Å². The van der Waals surface area contributed by atoms with E-state index in [1.54, 1.807) is 4.91 Å². The summed E-state index contributed by atoms with van der Waals surface area (Å²) in [6.07, 6.45) is 0. The van der Waals surface area contributed by atoms with Crippen LogP contribution in [0, 0.1) is 5.53 Å². The minimum atomic E-state index is -0.250. The number of hydrogen-bond donors (Lipinski definition) is 2. The smallest absolute Gasteiger partial charge is 0.290 e. The molecule has 6 heavy (non-hydrogen) atoms. The summed E-state index contributed by atoms with van der Waals surface area (Å²) in [5, 5.41) is 6.89. The van der Waals surface area contributed by atoms with Gasteiger partial charge in [-0.2, -0.15) is 0 Å². The molecule has 0 fully saturated rings. The van der Waals surface area contributed by atoms with Gasteiger partial charge >= 0.3 is 0 Å². The number of hydrogen-bond acceptors (Lipinski definition) is 2. The summed E-state index contributed by atoms with van der Waals surface area (Å²) >= 11 is 0. The molecule has 0 radical (unpaired) electrons. The number of nitrogens with one attached hydrogen (secondary N) is 1.